The van der Waals surface area contributed by atoms with Gasteiger partial charge < -0.3 is 19.5 Å². The number of morpholine rings is 1. The molecular weight excluding hydrogens is 480 g/mol. The predicted molar refractivity (Wildman–Crippen MR) is 148 cm³/mol. The van der Waals surface area contributed by atoms with E-state index in [2.05, 4.69) is 18.7 Å². The van der Waals surface area contributed by atoms with E-state index >= 15 is 0 Å². The third kappa shape index (κ3) is 6.11. The Morgan fingerprint density at radius 2 is 1.79 bits per heavy atom. The first-order valence-electron chi connectivity index (χ1n) is 13.7. The molecule has 38 heavy (non-hydrogen) atoms. The van der Waals surface area contributed by atoms with Gasteiger partial charge in [0.25, 0.3) is 11.7 Å². The molecule has 0 aromatic heterocycles. The Morgan fingerprint density at radius 1 is 1.08 bits per heavy atom. The fraction of sp³-hybridized carbons (Fsp3) is 0.484. The number of amides is 1. The van der Waals surface area contributed by atoms with E-state index in [1.807, 2.05) is 50.2 Å². The van der Waals surface area contributed by atoms with E-state index in [0.29, 0.717) is 37.8 Å². The van der Waals surface area contributed by atoms with Gasteiger partial charge in [-0.1, -0.05) is 45.0 Å². The van der Waals surface area contributed by atoms with Crippen molar-refractivity contribution in [2.45, 2.75) is 52.5 Å². The fourth-order valence-electron chi connectivity index (χ4n) is 5.14. The van der Waals surface area contributed by atoms with Crippen LogP contribution in [0.15, 0.2) is 48.0 Å². The Labute approximate surface area is 226 Å². The summed E-state index contributed by atoms with van der Waals surface area (Å²) in [5.41, 5.74) is 3.50. The van der Waals surface area contributed by atoms with Crippen molar-refractivity contribution in [3.05, 3.63) is 70.3 Å². The minimum Gasteiger partial charge on any atom is -0.507 e. The van der Waals surface area contributed by atoms with Crippen LogP contribution in [0.4, 0.5) is 0 Å². The van der Waals surface area contributed by atoms with E-state index in [-0.39, 0.29) is 11.3 Å². The van der Waals surface area contributed by atoms with Gasteiger partial charge in [-0.3, -0.25) is 14.5 Å². The van der Waals surface area contributed by atoms with E-state index in [9.17, 15) is 14.7 Å². The van der Waals surface area contributed by atoms with Gasteiger partial charge in [-0.05, 0) is 60.6 Å². The minimum atomic E-state index is -0.643. The molecule has 7 nitrogen and oxygen atoms in total. The summed E-state index contributed by atoms with van der Waals surface area (Å²) in [6.45, 7) is 13.2. The number of aliphatic hydroxyl groups is 1. The molecule has 2 saturated heterocycles. The van der Waals surface area contributed by atoms with Crippen molar-refractivity contribution in [3.8, 4) is 5.75 Å². The van der Waals surface area contributed by atoms with E-state index < -0.39 is 17.7 Å². The Kier molecular flexibility index (Phi) is 9.23. The summed E-state index contributed by atoms with van der Waals surface area (Å²) in [6.07, 6.45) is 1.63. The minimum absolute atomic E-state index is 0.139. The number of aryl methyl sites for hydroxylation is 1. The maximum atomic E-state index is 13.4. The van der Waals surface area contributed by atoms with Crippen LogP contribution >= 0.6 is 0 Å². The van der Waals surface area contributed by atoms with Crippen molar-refractivity contribution >= 4 is 17.4 Å². The second-order valence-electron chi connectivity index (χ2n) is 10.5. The van der Waals surface area contributed by atoms with Gasteiger partial charge in [-0.25, -0.2) is 0 Å². The molecule has 1 amide bonds. The lowest BCUT2D eigenvalue weighted by Gasteiger charge is -2.29. The Balaban J connectivity index is 1.68. The molecule has 2 aromatic rings. The third-order valence-electron chi connectivity index (χ3n) is 7.35. The average Bonchev–Trinajstić information content (AvgIpc) is 3.17. The van der Waals surface area contributed by atoms with Crippen LogP contribution in [0.5, 0.6) is 5.75 Å². The van der Waals surface area contributed by atoms with Crippen LogP contribution in [0.3, 0.4) is 0 Å². The van der Waals surface area contributed by atoms with Gasteiger partial charge in [0.2, 0.25) is 0 Å². The first-order valence-corrected chi connectivity index (χ1v) is 13.7. The maximum Gasteiger partial charge on any atom is 0.295 e. The van der Waals surface area contributed by atoms with E-state index in [1.165, 1.54) is 5.56 Å². The molecule has 0 radical (unpaired) electrons. The van der Waals surface area contributed by atoms with E-state index in [0.717, 1.165) is 49.4 Å². The van der Waals surface area contributed by atoms with Gasteiger partial charge in [0.05, 0.1) is 31.4 Å². The lowest BCUT2D eigenvalue weighted by molar-refractivity contribution is -0.140. The number of hydrogen-bond donors (Lipinski definition) is 1. The monoisotopic (exact) mass is 520 g/mol. The van der Waals surface area contributed by atoms with Crippen molar-refractivity contribution in [1.82, 2.24) is 9.80 Å². The fourth-order valence-corrected chi connectivity index (χ4v) is 5.14. The van der Waals surface area contributed by atoms with Crippen LogP contribution in [0, 0.1) is 6.92 Å². The number of rotatable bonds is 10. The number of ether oxygens (including phenoxy) is 2. The highest BCUT2D eigenvalue weighted by Crippen LogP contribution is 2.40. The highest BCUT2D eigenvalue weighted by atomic mass is 16.5. The predicted octanol–water partition coefficient (Wildman–Crippen LogP) is 5.05. The number of hydrogen-bond acceptors (Lipinski definition) is 6. The molecule has 0 saturated carbocycles. The molecule has 1 N–H and O–H groups in total. The summed E-state index contributed by atoms with van der Waals surface area (Å²) in [5.74, 6) is -0.253. The van der Waals surface area contributed by atoms with E-state index in [1.54, 1.807) is 11.0 Å². The number of likely N-dealkylation sites (tertiary alicyclic amines) is 1. The largest absolute Gasteiger partial charge is 0.507 e. The van der Waals surface area contributed by atoms with Crippen LogP contribution in [0.1, 0.15) is 67.8 Å². The summed E-state index contributed by atoms with van der Waals surface area (Å²) in [5, 5.41) is 11.4. The molecule has 7 heteroatoms. The second kappa shape index (κ2) is 12.6. The zero-order valence-corrected chi connectivity index (χ0v) is 23.0. The number of aliphatic hydroxyl groups excluding tert-OH is 1. The standard InChI is InChI=1S/C31H40N2O5/c1-5-17-38-26-12-11-25(20-22(26)4)29(34)27-28(24-9-7-23(8-10-24)21(2)3)33(31(36)30(27)35)14-6-13-32-15-18-37-19-16-32/h7-12,20-21,28,34H,5-6,13-19H2,1-4H3. The number of carbonyl (C=O) groups excluding carboxylic acids is 2. The van der Waals surface area contributed by atoms with Crippen LogP contribution in [0.25, 0.3) is 5.76 Å². The molecule has 0 bridgehead atoms. The smallest absolute Gasteiger partial charge is 0.295 e. The number of nitrogens with zero attached hydrogens (tertiary/aromatic N) is 2. The number of Topliss-reactive ketones (excluding diaryl/α,β-unsaturated/α-hetero) is 1. The van der Waals surface area contributed by atoms with Crippen LogP contribution in [-0.2, 0) is 14.3 Å². The third-order valence-corrected chi connectivity index (χ3v) is 7.35. The molecule has 2 aliphatic rings. The second-order valence-corrected chi connectivity index (χ2v) is 10.5. The van der Waals surface area contributed by atoms with Crippen molar-refractivity contribution in [3.63, 3.8) is 0 Å². The maximum absolute atomic E-state index is 13.4. The summed E-state index contributed by atoms with van der Waals surface area (Å²) >= 11 is 0. The molecule has 1 atom stereocenters. The lowest BCUT2D eigenvalue weighted by Crippen LogP contribution is -2.38. The summed E-state index contributed by atoms with van der Waals surface area (Å²) in [7, 11) is 0. The van der Waals surface area contributed by atoms with Gasteiger partial charge in [0.1, 0.15) is 11.5 Å². The first kappa shape index (κ1) is 27.9. The Bertz CT molecular complexity index is 1170. The topological polar surface area (TPSA) is 79.3 Å². The summed E-state index contributed by atoms with van der Waals surface area (Å²) in [4.78, 5) is 30.6. The van der Waals surface area contributed by atoms with Crippen LogP contribution in [-0.4, -0.2) is 72.6 Å². The molecule has 0 spiro atoms. The van der Waals surface area contributed by atoms with Crippen LogP contribution in [0.2, 0.25) is 0 Å². The van der Waals surface area contributed by atoms with Crippen molar-refractivity contribution in [1.29, 1.82) is 0 Å². The number of ketones is 1. The van der Waals surface area contributed by atoms with Crippen molar-refractivity contribution < 1.29 is 24.2 Å². The molecule has 4 rings (SSSR count). The Morgan fingerprint density at radius 3 is 2.42 bits per heavy atom. The van der Waals surface area contributed by atoms with Gasteiger partial charge in [0, 0.05) is 31.7 Å². The number of carbonyl (C=O) groups is 2. The van der Waals surface area contributed by atoms with E-state index in [4.69, 9.17) is 9.47 Å². The normalized spacial score (nSPS) is 19.9. The van der Waals surface area contributed by atoms with Gasteiger partial charge in [-0.2, -0.15) is 0 Å². The number of benzene rings is 2. The van der Waals surface area contributed by atoms with Crippen LogP contribution < -0.4 is 4.74 Å². The zero-order valence-electron chi connectivity index (χ0n) is 23.0. The molecule has 2 aromatic carbocycles. The molecule has 2 fully saturated rings. The molecule has 1 unspecified atom stereocenters. The lowest BCUT2D eigenvalue weighted by atomic mass is 9.93. The van der Waals surface area contributed by atoms with Gasteiger partial charge in [-0.15, -0.1) is 0 Å². The molecule has 2 aliphatic heterocycles. The summed E-state index contributed by atoms with van der Waals surface area (Å²) < 4.78 is 11.2. The zero-order chi connectivity index (χ0) is 27.2. The SMILES string of the molecule is CCCOc1ccc(C(O)=C2C(=O)C(=O)N(CCCN3CCOCC3)C2c2ccc(C(C)C)cc2)cc1C. The highest BCUT2D eigenvalue weighted by Gasteiger charge is 2.45. The summed E-state index contributed by atoms with van der Waals surface area (Å²) in [6, 6.07) is 12.8. The van der Waals surface area contributed by atoms with Crippen molar-refractivity contribution in [2.24, 2.45) is 0 Å². The molecule has 2 heterocycles. The quantitative estimate of drug-likeness (QED) is 0.268. The molecule has 204 valence electrons. The first-order chi connectivity index (χ1) is 18.3. The van der Waals surface area contributed by atoms with Crippen molar-refractivity contribution in [2.75, 3.05) is 46.0 Å². The average molecular weight is 521 g/mol. The molecule has 0 aliphatic carbocycles. The highest BCUT2D eigenvalue weighted by molar-refractivity contribution is 6.46. The Hall–Kier alpha value is -3.16. The van der Waals surface area contributed by atoms with Gasteiger partial charge in [0.15, 0.2) is 0 Å². The molecular formula is C31H40N2O5. The van der Waals surface area contributed by atoms with Gasteiger partial charge >= 0.3 is 0 Å².